The van der Waals surface area contributed by atoms with Crippen LogP contribution in [0.5, 0.6) is 0 Å². The van der Waals surface area contributed by atoms with Crippen LogP contribution < -0.4 is 5.73 Å². The van der Waals surface area contributed by atoms with Crippen LogP contribution in [0.15, 0.2) is 0 Å². The van der Waals surface area contributed by atoms with Crippen molar-refractivity contribution in [3.63, 3.8) is 0 Å². The van der Waals surface area contributed by atoms with Crippen LogP contribution in [0.2, 0.25) is 0 Å². The van der Waals surface area contributed by atoms with Crippen molar-refractivity contribution in [3.8, 4) is 0 Å². The summed E-state index contributed by atoms with van der Waals surface area (Å²) in [6, 6.07) is 0. The fourth-order valence-corrected chi connectivity index (χ4v) is 1.93. The van der Waals surface area contributed by atoms with E-state index in [-0.39, 0.29) is 10.9 Å². The Morgan fingerprint density at radius 1 is 1.50 bits per heavy atom. The van der Waals surface area contributed by atoms with E-state index in [9.17, 15) is 4.79 Å². The topological polar surface area (TPSA) is 46.3 Å². The van der Waals surface area contributed by atoms with Crippen LogP contribution in [0.4, 0.5) is 0 Å². The zero-order chi connectivity index (χ0) is 12.3. The van der Waals surface area contributed by atoms with Crippen molar-refractivity contribution in [1.82, 2.24) is 4.90 Å². The number of hydrogen-bond donors (Lipinski definition) is 1. The molecule has 0 atom stereocenters. The van der Waals surface area contributed by atoms with Crippen LogP contribution >= 0.6 is 12.2 Å². The summed E-state index contributed by atoms with van der Waals surface area (Å²) in [7, 11) is 0. The van der Waals surface area contributed by atoms with Gasteiger partial charge in [-0.2, -0.15) is 0 Å². The number of amides is 1. The van der Waals surface area contributed by atoms with Crippen LogP contribution in [0.1, 0.15) is 40.0 Å². The number of carbonyl (C=O) groups is 1. The van der Waals surface area contributed by atoms with Crippen LogP contribution in [-0.4, -0.2) is 28.9 Å². The molecule has 0 heterocycles. The third-order valence-corrected chi connectivity index (χ3v) is 4.03. The standard InChI is InChI=1S/C12H22N2OS/c1-4-14(8-9-6-5-7-9)11(15)12(2,3)10(13)16/h9H,4-8H2,1-3H3,(H2,13,16). The predicted octanol–water partition coefficient (Wildman–Crippen LogP) is 1.95. The van der Waals surface area contributed by atoms with E-state index < -0.39 is 5.41 Å². The van der Waals surface area contributed by atoms with Gasteiger partial charge in [0.05, 0.1) is 10.4 Å². The molecule has 1 amide bonds. The van der Waals surface area contributed by atoms with Gasteiger partial charge >= 0.3 is 0 Å². The highest BCUT2D eigenvalue weighted by Gasteiger charge is 2.35. The fraction of sp³-hybridized carbons (Fsp3) is 0.833. The Bertz CT molecular complexity index is 285. The van der Waals surface area contributed by atoms with Gasteiger partial charge in [0.15, 0.2) is 0 Å². The maximum Gasteiger partial charge on any atom is 0.235 e. The molecule has 0 aromatic rings. The summed E-state index contributed by atoms with van der Waals surface area (Å²) in [5.74, 6) is 0.750. The molecule has 0 spiro atoms. The van der Waals surface area contributed by atoms with Crippen molar-refractivity contribution < 1.29 is 4.79 Å². The first-order valence-electron chi connectivity index (χ1n) is 5.98. The molecule has 1 aliphatic rings. The van der Waals surface area contributed by atoms with Gasteiger partial charge in [-0.1, -0.05) is 18.6 Å². The first-order chi connectivity index (χ1) is 7.39. The van der Waals surface area contributed by atoms with Crippen LogP contribution in [0.25, 0.3) is 0 Å². The highest BCUT2D eigenvalue weighted by Crippen LogP contribution is 2.28. The molecule has 92 valence electrons. The highest BCUT2D eigenvalue weighted by atomic mass is 32.1. The Labute approximate surface area is 103 Å². The predicted molar refractivity (Wildman–Crippen MR) is 70.2 cm³/mol. The fourth-order valence-electron chi connectivity index (χ4n) is 1.84. The Kier molecular flexibility index (Phi) is 4.30. The average molecular weight is 242 g/mol. The molecular weight excluding hydrogens is 220 g/mol. The second-order valence-electron chi connectivity index (χ2n) is 5.13. The van der Waals surface area contributed by atoms with Gasteiger partial charge in [0, 0.05) is 13.1 Å². The molecule has 1 rings (SSSR count). The lowest BCUT2D eigenvalue weighted by molar-refractivity contribution is -0.137. The lowest BCUT2D eigenvalue weighted by Crippen LogP contribution is -2.49. The summed E-state index contributed by atoms with van der Waals surface area (Å²) < 4.78 is 0. The summed E-state index contributed by atoms with van der Waals surface area (Å²) in [5.41, 5.74) is 4.91. The van der Waals surface area contributed by atoms with E-state index in [1.807, 2.05) is 11.8 Å². The molecule has 0 radical (unpaired) electrons. The van der Waals surface area contributed by atoms with Crippen LogP contribution in [-0.2, 0) is 4.79 Å². The third-order valence-electron chi connectivity index (χ3n) is 3.52. The van der Waals surface area contributed by atoms with Crippen molar-refractivity contribution in [1.29, 1.82) is 0 Å². The number of nitrogens with two attached hydrogens (primary N) is 1. The Hall–Kier alpha value is -0.640. The second kappa shape index (κ2) is 5.13. The van der Waals surface area contributed by atoms with E-state index in [0.29, 0.717) is 5.92 Å². The Balaban J connectivity index is 2.64. The van der Waals surface area contributed by atoms with Crippen LogP contribution in [0.3, 0.4) is 0 Å². The van der Waals surface area contributed by atoms with E-state index >= 15 is 0 Å². The van der Waals surface area contributed by atoms with Gasteiger partial charge in [-0.25, -0.2) is 0 Å². The largest absolute Gasteiger partial charge is 0.392 e. The SMILES string of the molecule is CCN(CC1CCC1)C(=O)C(C)(C)C(N)=S. The lowest BCUT2D eigenvalue weighted by Gasteiger charge is -2.35. The molecule has 0 aromatic heterocycles. The number of thiocarbonyl (C=S) groups is 1. The number of nitrogens with zero attached hydrogens (tertiary/aromatic N) is 1. The minimum Gasteiger partial charge on any atom is -0.392 e. The molecule has 1 aliphatic carbocycles. The van der Waals surface area contributed by atoms with E-state index in [1.54, 1.807) is 13.8 Å². The van der Waals surface area contributed by atoms with Crippen molar-refractivity contribution in [2.24, 2.45) is 17.1 Å². The molecule has 0 bridgehead atoms. The number of rotatable bonds is 5. The molecule has 4 heteroatoms. The first kappa shape index (κ1) is 13.4. The van der Waals surface area contributed by atoms with Gasteiger partial charge in [-0.15, -0.1) is 0 Å². The maximum absolute atomic E-state index is 12.3. The van der Waals surface area contributed by atoms with Crippen molar-refractivity contribution in [2.75, 3.05) is 13.1 Å². The molecule has 16 heavy (non-hydrogen) atoms. The van der Waals surface area contributed by atoms with Gasteiger partial charge in [0.1, 0.15) is 0 Å². The third kappa shape index (κ3) is 2.73. The van der Waals surface area contributed by atoms with Gasteiger partial charge in [-0.05, 0) is 39.5 Å². The maximum atomic E-state index is 12.3. The molecule has 0 aliphatic heterocycles. The second-order valence-corrected chi connectivity index (χ2v) is 5.57. The van der Waals surface area contributed by atoms with Crippen molar-refractivity contribution >= 4 is 23.1 Å². The lowest BCUT2D eigenvalue weighted by atomic mass is 9.84. The quantitative estimate of drug-likeness (QED) is 0.750. The summed E-state index contributed by atoms with van der Waals surface area (Å²) in [5, 5.41) is 0. The zero-order valence-corrected chi connectivity index (χ0v) is 11.3. The minimum absolute atomic E-state index is 0.0643. The van der Waals surface area contributed by atoms with E-state index in [1.165, 1.54) is 19.3 Å². The summed E-state index contributed by atoms with van der Waals surface area (Å²) in [6.45, 7) is 7.22. The Morgan fingerprint density at radius 3 is 2.38 bits per heavy atom. The average Bonchev–Trinajstić information content (AvgIpc) is 2.15. The van der Waals surface area contributed by atoms with Gasteiger partial charge < -0.3 is 10.6 Å². The van der Waals surface area contributed by atoms with Crippen molar-refractivity contribution in [3.05, 3.63) is 0 Å². The van der Waals surface area contributed by atoms with E-state index in [4.69, 9.17) is 18.0 Å². The first-order valence-corrected chi connectivity index (χ1v) is 6.39. The van der Waals surface area contributed by atoms with E-state index in [2.05, 4.69) is 0 Å². The smallest absolute Gasteiger partial charge is 0.235 e. The molecule has 1 fully saturated rings. The van der Waals surface area contributed by atoms with Gasteiger partial charge in [0.2, 0.25) is 5.91 Å². The van der Waals surface area contributed by atoms with E-state index in [0.717, 1.165) is 13.1 Å². The monoisotopic (exact) mass is 242 g/mol. The summed E-state index contributed by atoms with van der Waals surface area (Å²) >= 11 is 4.96. The number of carbonyl (C=O) groups excluding carboxylic acids is 1. The normalized spacial score (nSPS) is 16.7. The molecule has 0 saturated heterocycles. The van der Waals surface area contributed by atoms with Gasteiger partial charge in [0.25, 0.3) is 0 Å². The summed E-state index contributed by atoms with van der Waals surface area (Å²) in [4.78, 5) is 14.4. The molecule has 3 nitrogen and oxygen atoms in total. The number of hydrogen-bond acceptors (Lipinski definition) is 2. The van der Waals surface area contributed by atoms with Crippen LogP contribution in [0, 0.1) is 11.3 Å². The molecule has 0 unspecified atom stereocenters. The molecule has 1 saturated carbocycles. The summed E-state index contributed by atoms with van der Waals surface area (Å²) in [6.07, 6.45) is 3.80. The van der Waals surface area contributed by atoms with Crippen molar-refractivity contribution in [2.45, 2.75) is 40.0 Å². The molecular formula is C12H22N2OS. The highest BCUT2D eigenvalue weighted by molar-refractivity contribution is 7.80. The van der Waals surface area contributed by atoms with Gasteiger partial charge in [-0.3, -0.25) is 4.79 Å². The minimum atomic E-state index is -0.713. The molecule has 2 N–H and O–H groups in total. The zero-order valence-electron chi connectivity index (χ0n) is 10.5. The molecule has 0 aromatic carbocycles. The Morgan fingerprint density at radius 2 is 2.06 bits per heavy atom.